The van der Waals surface area contributed by atoms with Crippen molar-refractivity contribution in [1.29, 1.82) is 0 Å². The SMILES string of the molecule is CC(N)C(C)C(=O)N(Cc1ccc(Cl)c(Cl)c1)C(C)C.Cl. The highest BCUT2D eigenvalue weighted by Gasteiger charge is 2.25. The molecule has 0 radical (unpaired) electrons. The van der Waals surface area contributed by atoms with Crippen molar-refractivity contribution in [3.8, 4) is 0 Å². The Morgan fingerprint density at radius 2 is 1.76 bits per heavy atom. The first-order chi connectivity index (χ1) is 9.23. The van der Waals surface area contributed by atoms with E-state index in [1.54, 1.807) is 12.1 Å². The van der Waals surface area contributed by atoms with Gasteiger partial charge in [-0.3, -0.25) is 4.79 Å². The van der Waals surface area contributed by atoms with Gasteiger partial charge in [0.2, 0.25) is 5.91 Å². The number of carbonyl (C=O) groups is 1. The second-order valence-corrected chi connectivity index (χ2v) is 6.27. The Morgan fingerprint density at radius 1 is 1.19 bits per heavy atom. The van der Waals surface area contributed by atoms with Gasteiger partial charge in [-0.2, -0.15) is 0 Å². The molecule has 0 aliphatic carbocycles. The smallest absolute Gasteiger partial charge is 0.227 e. The molecule has 2 unspecified atom stereocenters. The topological polar surface area (TPSA) is 46.3 Å². The Hall–Kier alpha value is -0.480. The fourth-order valence-electron chi connectivity index (χ4n) is 1.84. The van der Waals surface area contributed by atoms with Crippen molar-refractivity contribution in [1.82, 2.24) is 4.90 Å². The third-order valence-electron chi connectivity index (χ3n) is 3.42. The van der Waals surface area contributed by atoms with Gasteiger partial charge in [-0.1, -0.05) is 36.2 Å². The van der Waals surface area contributed by atoms with Crippen LogP contribution in [0.5, 0.6) is 0 Å². The van der Waals surface area contributed by atoms with E-state index in [1.807, 2.05) is 38.7 Å². The highest BCUT2D eigenvalue weighted by Crippen LogP contribution is 2.24. The molecule has 0 aliphatic rings. The molecule has 0 aliphatic heterocycles. The number of rotatable bonds is 5. The maximum atomic E-state index is 12.5. The second kappa shape index (κ2) is 8.84. The van der Waals surface area contributed by atoms with Crippen molar-refractivity contribution in [2.45, 2.75) is 46.3 Å². The summed E-state index contributed by atoms with van der Waals surface area (Å²) in [7, 11) is 0. The zero-order valence-electron chi connectivity index (χ0n) is 12.8. The van der Waals surface area contributed by atoms with Crippen molar-refractivity contribution >= 4 is 41.5 Å². The van der Waals surface area contributed by atoms with Crippen LogP contribution >= 0.6 is 35.6 Å². The zero-order chi connectivity index (χ0) is 15.4. The Balaban J connectivity index is 0.00000400. The first-order valence-corrected chi connectivity index (χ1v) is 7.49. The summed E-state index contributed by atoms with van der Waals surface area (Å²) >= 11 is 11.9. The first kappa shape index (κ1) is 20.5. The minimum Gasteiger partial charge on any atom is -0.336 e. The lowest BCUT2D eigenvalue weighted by Crippen LogP contribution is -2.44. The highest BCUT2D eigenvalue weighted by atomic mass is 35.5. The molecule has 120 valence electrons. The molecule has 0 saturated carbocycles. The molecule has 0 heterocycles. The van der Waals surface area contributed by atoms with Gasteiger partial charge in [-0.05, 0) is 38.5 Å². The molecule has 3 nitrogen and oxygen atoms in total. The van der Waals surface area contributed by atoms with Gasteiger partial charge in [0.15, 0.2) is 0 Å². The van der Waals surface area contributed by atoms with Crippen molar-refractivity contribution < 1.29 is 4.79 Å². The fraction of sp³-hybridized carbons (Fsp3) is 0.533. The quantitative estimate of drug-likeness (QED) is 0.865. The molecule has 1 aromatic rings. The number of nitrogens with zero attached hydrogens (tertiary/aromatic N) is 1. The van der Waals surface area contributed by atoms with E-state index in [9.17, 15) is 4.79 Å². The summed E-state index contributed by atoms with van der Waals surface area (Å²) in [6, 6.07) is 5.35. The summed E-state index contributed by atoms with van der Waals surface area (Å²) in [5.74, 6) is -0.152. The number of amides is 1. The number of benzene rings is 1. The number of nitrogens with two attached hydrogens (primary N) is 1. The van der Waals surface area contributed by atoms with Gasteiger partial charge in [0.05, 0.1) is 16.0 Å². The average molecular weight is 354 g/mol. The van der Waals surface area contributed by atoms with E-state index >= 15 is 0 Å². The second-order valence-electron chi connectivity index (χ2n) is 5.46. The van der Waals surface area contributed by atoms with Crippen molar-refractivity contribution in [2.75, 3.05) is 0 Å². The van der Waals surface area contributed by atoms with Gasteiger partial charge in [0, 0.05) is 18.6 Å². The highest BCUT2D eigenvalue weighted by molar-refractivity contribution is 6.42. The molecule has 2 atom stereocenters. The monoisotopic (exact) mass is 352 g/mol. The molecular weight excluding hydrogens is 331 g/mol. The zero-order valence-corrected chi connectivity index (χ0v) is 15.1. The molecule has 1 amide bonds. The summed E-state index contributed by atoms with van der Waals surface area (Å²) in [5.41, 5.74) is 6.78. The van der Waals surface area contributed by atoms with Gasteiger partial charge >= 0.3 is 0 Å². The molecule has 1 aromatic carbocycles. The fourth-order valence-corrected chi connectivity index (χ4v) is 2.16. The minimum absolute atomic E-state index is 0. The van der Waals surface area contributed by atoms with Crippen LogP contribution in [0.2, 0.25) is 10.0 Å². The van der Waals surface area contributed by atoms with Gasteiger partial charge in [-0.25, -0.2) is 0 Å². The van der Waals surface area contributed by atoms with Gasteiger partial charge in [-0.15, -0.1) is 12.4 Å². The lowest BCUT2D eigenvalue weighted by molar-refractivity contribution is -0.137. The number of carbonyl (C=O) groups excluding carboxylic acids is 1. The van der Waals surface area contributed by atoms with Crippen LogP contribution in [0.15, 0.2) is 18.2 Å². The standard InChI is InChI=1S/C15H22Cl2N2O.ClH/c1-9(2)19(15(20)10(3)11(4)18)8-12-5-6-13(16)14(17)7-12;/h5-7,9-11H,8,18H2,1-4H3;1H. The maximum Gasteiger partial charge on any atom is 0.227 e. The van der Waals surface area contributed by atoms with Gasteiger partial charge in [0.25, 0.3) is 0 Å². The van der Waals surface area contributed by atoms with E-state index in [1.165, 1.54) is 0 Å². The third-order valence-corrected chi connectivity index (χ3v) is 4.16. The molecule has 0 saturated heterocycles. The predicted octanol–water partition coefficient (Wildman–Crippen LogP) is 4.14. The van der Waals surface area contributed by atoms with Crippen LogP contribution in [0.25, 0.3) is 0 Å². The summed E-state index contributed by atoms with van der Waals surface area (Å²) in [6.07, 6.45) is 0. The molecule has 2 N–H and O–H groups in total. The summed E-state index contributed by atoms with van der Waals surface area (Å²) in [5, 5.41) is 1.02. The lowest BCUT2D eigenvalue weighted by Gasteiger charge is -2.31. The average Bonchev–Trinajstić information content (AvgIpc) is 2.37. The minimum atomic E-state index is -0.208. The van der Waals surface area contributed by atoms with Crippen LogP contribution in [-0.2, 0) is 11.3 Å². The van der Waals surface area contributed by atoms with Crippen LogP contribution in [0.4, 0.5) is 0 Å². The van der Waals surface area contributed by atoms with E-state index in [-0.39, 0.29) is 36.3 Å². The lowest BCUT2D eigenvalue weighted by atomic mass is 10.0. The van der Waals surface area contributed by atoms with E-state index in [2.05, 4.69) is 0 Å². The molecule has 0 aromatic heterocycles. The summed E-state index contributed by atoms with van der Waals surface area (Å²) < 4.78 is 0. The Labute approximate surface area is 143 Å². The van der Waals surface area contributed by atoms with Crippen molar-refractivity contribution in [2.24, 2.45) is 11.7 Å². The third kappa shape index (κ3) is 5.67. The predicted molar refractivity (Wildman–Crippen MR) is 92.2 cm³/mol. The van der Waals surface area contributed by atoms with Crippen LogP contribution < -0.4 is 5.73 Å². The van der Waals surface area contributed by atoms with Crippen molar-refractivity contribution in [3.63, 3.8) is 0 Å². The molecule has 0 bridgehead atoms. The molecular formula is C15H23Cl3N2O. The van der Waals surface area contributed by atoms with Crippen molar-refractivity contribution in [3.05, 3.63) is 33.8 Å². The molecule has 1 rings (SSSR count). The van der Waals surface area contributed by atoms with E-state index in [0.29, 0.717) is 16.6 Å². The first-order valence-electron chi connectivity index (χ1n) is 6.74. The Morgan fingerprint density at radius 3 is 2.19 bits per heavy atom. The van der Waals surface area contributed by atoms with E-state index in [4.69, 9.17) is 28.9 Å². The normalized spacial score (nSPS) is 13.5. The number of hydrogen-bond donors (Lipinski definition) is 1. The molecule has 6 heteroatoms. The molecule has 21 heavy (non-hydrogen) atoms. The van der Waals surface area contributed by atoms with Gasteiger partial charge < -0.3 is 10.6 Å². The van der Waals surface area contributed by atoms with E-state index in [0.717, 1.165) is 5.56 Å². The van der Waals surface area contributed by atoms with Crippen LogP contribution in [0.3, 0.4) is 0 Å². The maximum absolute atomic E-state index is 12.5. The number of halogens is 3. The Kier molecular flexibility index (Phi) is 8.64. The van der Waals surface area contributed by atoms with Crippen LogP contribution in [0.1, 0.15) is 33.3 Å². The largest absolute Gasteiger partial charge is 0.336 e. The van der Waals surface area contributed by atoms with Crippen LogP contribution in [0, 0.1) is 5.92 Å². The summed E-state index contributed by atoms with van der Waals surface area (Å²) in [4.78, 5) is 14.3. The van der Waals surface area contributed by atoms with Gasteiger partial charge in [0.1, 0.15) is 0 Å². The molecule has 0 fully saturated rings. The van der Waals surface area contributed by atoms with Crippen LogP contribution in [-0.4, -0.2) is 22.9 Å². The Bertz CT molecular complexity index is 478. The van der Waals surface area contributed by atoms with E-state index < -0.39 is 0 Å². The summed E-state index contributed by atoms with van der Waals surface area (Å²) in [6.45, 7) is 8.19. The molecule has 0 spiro atoms. The number of hydrogen-bond acceptors (Lipinski definition) is 2.